The molecule has 4 rings (SSSR count). The van der Waals surface area contributed by atoms with Crippen molar-refractivity contribution >= 4 is 24.3 Å². The minimum absolute atomic E-state index is 0.0336. The van der Waals surface area contributed by atoms with E-state index in [4.69, 9.17) is 8.94 Å². The van der Waals surface area contributed by atoms with E-state index in [-0.39, 0.29) is 23.4 Å². The summed E-state index contributed by atoms with van der Waals surface area (Å²) in [5, 5.41) is 20.0. The maximum absolute atomic E-state index is 13.0. The van der Waals surface area contributed by atoms with Gasteiger partial charge in [-0.2, -0.15) is 0 Å². The second kappa shape index (κ2) is 11.0. The summed E-state index contributed by atoms with van der Waals surface area (Å²) in [7, 11) is -3.95. The summed E-state index contributed by atoms with van der Waals surface area (Å²) < 4.78 is 22.1. The van der Waals surface area contributed by atoms with Crippen molar-refractivity contribution in [1.29, 1.82) is 0 Å². The fraction of sp³-hybridized carbons (Fsp3) is 0.286. The molecule has 2 aromatic rings. The van der Waals surface area contributed by atoms with E-state index in [9.17, 15) is 29.3 Å². The number of rotatable bonds is 10. The molecule has 0 fully saturated rings. The molecular weight excluding hydrogens is 495 g/mol. The first-order valence-corrected chi connectivity index (χ1v) is 14.0. The van der Waals surface area contributed by atoms with E-state index in [0.29, 0.717) is 41.7 Å². The van der Waals surface area contributed by atoms with Gasteiger partial charge in [-0.1, -0.05) is 18.6 Å². The highest BCUT2D eigenvalue weighted by molar-refractivity contribution is 7.50. The molecule has 2 unspecified atom stereocenters. The standard InChI is InChI=1S/C28H29O8P/c1-17-7-8-18(25(32)6-4-3-5-21(16-29)36-37(2,33)34)13-24(17)28-22-11-9-19(30)14-26(22)35-27-15-20(31)10-12-23(27)28/h7-15,21,29-30H,3-6,16H2,1-2H3,(H,33,34)/p-1. The van der Waals surface area contributed by atoms with Crippen LogP contribution in [0, 0.1) is 6.92 Å². The molecule has 8 nitrogen and oxygen atoms in total. The minimum Gasteiger partial charge on any atom is -0.779 e. The van der Waals surface area contributed by atoms with Gasteiger partial charge in [0.25, 0.3) is 0 Å². The van der Waals surface area contributed by atoms with Gasteiger partial charge in [0.2, 0.25) is 0 Å². The number of ketones is 1. The molecule has 9 heteroatoms. The quantitative estimate of drug-likeness (QED) is 0.130. The number of aliphatic hydroxyl groups is 1. The zero-order valence-electron chi connectivity index (χ0n) is 20.6. The summed E-state index contributed by atoms with van der Waals surface area (Å²) in [6.07, 6.45) is 0.792. The highest BCUT2D eigenvalue weighted by Gasteiger charge is 2.20. The smallest absolute Gasteiger partial charge is 0.182 e. The van der Waals surface area contributed by atoms with Gasteiger partial charge in [-0.25, -0.2) is 0 Å². The van der Waals surface area contributed by atoms with Crippen LogP contribution in [-0.2, 0) is 9.09 Å². The van der Waals surface area contributed by atoms with E-state index in [1.807, 2.05) is 19.1 Å². The third-order valence-corrected chi connectivity index (χ3v) is 6.91. The van der Waals surface area contributed by atoms with Gasteiger partial charge in [0.1, 0.15) is 24.7 Å². The van der Waals surface area contributed by atoms with Gasteiger partial charge >= 0.3 is 0 Å². The molecule has 0 aromatic heterocycles. The number of fused-ring (bicyclic) bond motifs is 2. The van der Waals surface area contributed by atoms with E-state index >= 15 is 0 Å². The number of aliphatic hydroxyl groups excluding tert-OH is 1. The van der Waals surface area contributed by atoms with Gasteiger partial charge in [0, 0.05) is 47.3 Å². The lowest BCUT2D eigenvalue weighted by molar-refractivity contribution is -0.201. The molecule has 194 valence electrons. The van der Waals surface area contributed by atoms with Gasteiger partial charge in [-0.3, -0.25) is 9.59 Å². The maximum atomic E-state index is 13.0. The molecule has 0 saturated heterocycles. The van der Waals surface area contributed by atoms with Crippen LogP contribution in [0.15, 0.2) is 63.8 Å². The number of phenols is 1. The third kappa shape index (κ3) is 6.35. The number of carbonyl (C=O) groups excluding carboxylic acids is 1. The van der Waals surface area contributed by atoms with Crippen LogP contribution in [0.25, 0.3) is 33.4 Å². The molecule has 0 spiro atoms. The third-order valence-electron chi connectivity index (χ3n) is 6.23. The summed E-state index contributed by atoms with van der Waals surface area (Å²) >= 11 is 0. The SMILES string of the molecule is Cc1ccc(C(=O)CCCCC(CO)OP(C)(=O)[O-])cc1-c1c2ccc(=O)cc-2oc2cc(O)ccc12. The lowest BCUT2D eigenvalue weighted by Crippen LogP contribution is -2.19. The lowest BCUT2D eigenvalue weighted by Gasteiger charge is -2.24. The fourth-order valence-electron chi connectivity index (χ4n) is 4.46. The largest absolute Gasteiger partial charge is 0.779 e. The molecule has 1 heterocycles. The average molecular weight is 523 g/mol. The van der Waals surface area contributed by atoms with Crippen LogP contribution in [0.3, 0.4) is 0 Å². The van der Waals surface area contributed by atoms with Crippen molar-refractivity contribution < 1.29 is 33.4 Å². The Morgan fingerprint density at radius 3 is 2.59 bits per heavy atom. The highest BCUT2D eigenvalue weighted by Crippen LogP contribution is 2.42. The number of hydrogen-bond donors (Lipinski definition) is 2. The molecule has 0 bridgehead atoms. The van der Waals surface area contributed by atoms with E-state index < -0.39 is 20.3 Å². The van der Waals surface area contributed by atoms with Crippen molar-refractivity contribution in [3.63, 3.8) is 0 Å². The normalized spacial score (nSPS) is 14.1. The average Bonchev–Trinajstić information content (AvgIpc) is 2.83. The van der Waals surface area contributed by atoms with Gasteiger partial charge < -0.3 is 28.6 Å². The van der Waals surface area contributed by atoms with Crippen LogP contribution in [0.1, 0.15) is 41.6 Å². The molecule has 0 radical (unpaired) electrons. The van der Waals surface area contributed by atoms with Crippen LogP contribution in [0.4, 0.5) is 0 Å². The monoisotopic (exact) mass is 523 g/mol. The first-order valence-electron chi connectivity index (χ1n) is 12.0. The molecule has 2 atom stereocenters. The Kier molecular flexibility index (Phi) is 7.95. The number of Topliss-reactive ketones (excluding diaryl/α,β-unsaturated/α-hetero) is 1. The molecule has 0 amide bonds. The van der Waals surface area contributed by atoms with Crippen LogP contribution in [-0.4, -0.2) is 35.4 Å². The molecule has 0 saturated carbocycles. The van der Waals surface area contributed by atoms with Gasteiger partial charge in [-0.15, -0.1) is 0 Å². The number of hydrogen-bond acceptors (Lipinski definition) is 8. The van der Waals surface area contributed by atoms with Crippen LogP contribution in [0.5, 0.6) is 5.75 Å². The van der Waals surface area contributed by atoms with Crippen molar-refractivity contribution in [2.45, 2.75) is 38.7 Å². The zero-order chi connectivity index (χ0) is 26.7. The fourth-order valence-corrected chi connectivity index (χ4v) is 5.18. The van der Waals surface area contributed by atoms with E-state index in [1.165, 1.54) is 18.2 Å². The minimum atomic E-state index is -3.95. The second-order valence-electron chi connectivity index (χ2n) is 9.20. The van der Waals surface area contributed by atoms with Crippen molar-refractivity contribution in [1.82, 2.24) is 0 Å². The van der Waals surface area contributed by atoms with Gasteiger partial charge in [-0.05, 0) is 61.2 Å². The predicted octanol–water partition coefficient (Wildman–Crippen LogP) is 4.88. The van der Waals surface area contributed by atoms with Crippen molar-refractivity contribution in [2.75, 3.05) is 13.3 Å². The number of phenolic OH excluding ortho intramolecular Hbond substituents is 1. The molecule has 2 aromatic carbocycles. The van der Waals surface area contributed by atoms with E-state index in [0.717, 1.165) is 28.7 Å². The Labute approximate surface area is 214 Å². The number of carbonyl (C=O) groups is 1. The molecule has 1 aliphatic heterocycles. The number of aryl methyl sites for hydroxylation is 1. The van der Waals surface area contributed by atoms with Gasteiger partial charge in [0.05, 0.1) is 12.7 Å². The number of aromatic hydroxyl groups is 1. The Bertz CT molecular complexity index is 1520. The number of unbranched alkanes of at least 4 members (excludes halogenated alkanes) is 1. The van der Waals surface area contributed by atoms with Gasteiger partial charge in [0.15, 0.2) is 11.2 Å². The van der Waals surface area contributed by atoms with Crippen molar-refractivity contribution in [2.24, 2.45) is 0 Å². The van der Waals surface area contributed by atoms with Crippen LogP contribution >= 0.6 is 7.60 Å². The summed E-state index contributed by atoms with van der Waals surface area (Å²) in [6, 6.07) is 14.8. The summed E-state index contributed by atoms with van der Waals surface area (Å²) in [5.41, 5.74) is 3.99. The summed E-state index contributed by atoms with van der Waals surface area (Å²) in [5.74, 6) is 0.347. The van der Waals surface area contributed by atoms with E-state index in [1.54, 1.807) is 24.3 Å². The predicted molar refractivity (Wildman–Crippen MR) is 139 cm³/mol. The van der Waals surface area contributed by atoms with Crippen LogP contribution in [0.2, 0.25) is 0 Å². The van der Waals surface area contributed by atoms with Crippen molar-refractivity contribution in [3.05, 3.63) is 75.9 Å². The summed E-state index contributed by atoms with van der Waals surface area (Å²) in [4.78, 5) is 36.3. The van der Waals surface area contributed by atoms with Crippen LogP contribution < -0.4 is 10.3 Å². The molecule has 2 N–H and O–H groups in total. The van der Waals surface area contributed by atoms with Crippen molar-refractivity contribution in [3.8, 4) is 28.2 Å². The molecule has 2 aliphatic rings. The molecule has 1 aliphatic carbocycles. The lowest BCUT2D eigenvalue weighted by atomic mass is 9.89. The Morgan fingerprint density at radius 1 is 1.08 bits per heavy atom. The molecular formula is C28H28O8P-. The van der Waals surface area contributed by atoms with E-state index in [2.05, 4.69) is 0 Å². The Morgan fingerprint density at radius 2 is 1.86 bits per heavy atom. The second-order valence-corrected chi connectivity index (χ2v) is 10.9. The summed E-state index contributed by atoms with van der Waals surface area (Å²) in [6.45, 7) is 2.49. The highest BCUT2D eigenvalue weighted by atomic mass is 31.2. The Balaban J connectivity index is 1.62. The Hall–Kier alpha value is -3.29. The molecule has 37 heavy (non-hydrogen) atoms. The topological polar surface area (TPSA) is 137 Å². The zero-order valence-corrected chi connectivity index (χ0v) is 21.5. The first-order chi connectivity index (χ1) is 17.6. The maximum Gasteiger partial charge on any atom is 0.182 e. The first kappa shape index (κ1) is 26.8. The number of benzene rings is 3.